The predicted octanol–water partition coefficient (Wildman–Crippen LogP) is 4.26. The molecule has 180 valence electrons. The van der Waals surface area contributed by atoms with Crippen LogP contribution in [0.1, 0.15) is 50.2 Å². The molecule has 7 heteroatoms. The Bertz CT molecular complexity index is 1020. The average Bonchev–Trinajstić information content (AvgIpc) is 3.19. The van der Waals surface area contributed by atoms with Crippen molar-refractivity contribution in [3.8, 4) is 11.1 Å². The van der Waals surface area contributed by atoms with E-state index in [1.165, 1.54) is 0 Å². The number of carboxylic acid groups (broad SMARTS) is 1. The van der Waals surface area contributed by atoms with E-state index in [0.29, 0.717) is 25.8 Å². The fraction of sp³-hybridized carbons (Fsp3) is 0.444. The minimum atomic E-state index is -0.887. The van der Waals surface area contributed by atoms with Gasteiger partial charge in [-0.3, -0.25) is 9.59 Å². The Morgan fingerprint density at radius 2 is 1.71 bits per heavy atom. The summed E-state index contributed by atoms with van der Waals surface area (Å²) in [6.45, 7) is 4.72. The molecule has 3 unspecified atom stereocenters. The van der Waals surface area contributed by atoms with Gasteiger partial charge in [0.15, 0.2) is 0 Å². The zero-order valence-electron chi connectivity index (χ0n) is 19.7. The van der Waals surface area contributed by atoms with E-state index >= 15 is 0 Å². The standard InChI is InChI=1S/C27H32N2O5/c1-3-17(2)24(25(30)29-14-8-9-18(15-29)26(31)32)28-27(33)34-16-23-21-12-6-4-10-19(21)20-11-5-7-13-22(20)23/h4-7,10-13,17-18,23-24H,3,8-9,14-16H2,1-2H3,(H,28,33)(H,31,32). The number of likely N-dealkylation sites (tertiary alicyclic amines) is 1. The maximum atomic E-state index is 13.3. The Kier molecular flexibility index (Phi) is 7.20. The highest BCUT2D eigenvalue weighted by molar-refractivity contribution is 5.87. The van der Waals surface area contributed by atoms with Crippen molar-refractivity contribution in [2.45, 2.75) is 45.1 Å². The molecule has 1 aliphatic heterocycles. The number of aliphatic carboxylic acids is 1. The van der Waals surface area contributed by atoms with Crippen LogP contribution in [-0.2, 0) is 14.3 Å². The number of hydrogen-bond donors (Lipinski definition) is 2. The Hall–Kier alpha value is -3.35. The maximum absolute atomic E-state index is 13.3. The molecule has 1 saturated heterocycles. The van der Waals surface area contributed by atoms with Crippen LogP contribution in [0.3, 0.4) is 0 Å². The van der Waals surface area contributed by atoms with Crippen molar-refractivity contribution in [1.29, 1.82) is 0 Å². The van der Waals surface area contributed by atoms with Crippen molar-refractivity contribution in [3.63, 3.8) is 0 Å². The number of piperidine rings is 1. The van der Waals surface area contributed by atoms with Gasteiger partial charge in [0.25, 0.3) is 0 Å². The molecule has 0 radical (unpaired) electrons. The molecule has 7 nitrogen and oxygen atoms in total. The second-order valence-electron chi connectivity index (χ2n) is 9.29. The number of carbonyl (C=O) groups is 3. The lowest BCUT2D eigenvalue weighted by atomic mass is 9.94. The van der Waals surface area contributed by atoms with E-state index in [-0.39, 0.29) is 30.9 Å². The van der Waals surface area contributed by atoms with Gasteiger partial charge in [0.1, 0.15) is 12.6 Å². The third kappa shape index (κ3) is 4.79. The maximum Gasteiger partial charge on any atom is 0.407 e. The van der Waals surface area contributed by atoms with E-state index in [1.807, 2.05) is 38.1 Å². The Morgan fingerprint density at radius 3 is 2.29 bits per heavy atom. The zero-order valence-corrected chi connectivity index (χ0v) is 19.7. The molecule has 3 atom stereocenters. The van der Waals surface area contributed by atoms with Crippen molar-refractivity contribution in [1.82, 2.24) is 10.2 Å². The highest BCUT2D eigenvalue weighted by atomic mass is 16.5. The van der Waals surface area contributed by atoms with E-state index in [2.05, 4.69) is 29.6 Å². The van der Waals surface area contributed by atoms with Crippen molar-refractivity contribution in [3.05, 3.63) is 59.7 Å². The summed E-state index contributed by atoms with van der Waals surface area (Å²) in [4.78, 5) is 39.1. The smallest absolute Gasteiger partial charge is 0.407 e. The molecule has 2 aliphatic rings. The first-order valence-corrected chi connectivity index (χ1v) is 12.0. The van der Waals surface area contributed by atoms with Crippen LogP contribution in [0.15, 0.2) is 48.5 Å². The van der Waals surface area contributed by atoms with Crippen molar-refractivity contribution < 1.29 is 24.2 Å². The molecule has 0 spiro atoms. The van der Waals surface area contributed by atoms with Crippen molar-refractivity contribution in [2.75, 3.05) is 19.7 Å². The van der Waals surface area contributed by atoms with Gasteiger partial charge in [-0.15, -0.1) is 0 Å². The molecule has 34 heavy (non-hydrogen) atoms. The number of ether oxygens (including phenoxy) is 1. The fourth-order valence-corrected chi connectivity index (χ4v) is 5.03. The molecular weight excluding hydrogens is 432 g/mol. The minimum absolute atomic E-state index is 0.0608. The molecule has 2 N–H and O–H groups in total. The lowest BCUT2D eigenvalue weighted by Crippen LogP contribution is -2.54. The molecule has 0 bridgehead atoms. The summed E-state index contributed by atoms with van der Waals surface area (Å²) in [7, 11) is 0. The van der Waals surface area contributed by atoms with Crippen LogP contribution < -0.4 is 5.32 Å². The number of alkyl carbamates (subject to hydrolysis) is 1. The largest absolute Gasteiger partial charge is 0.481 e. The molecule has 1 heterocycles. The van der Waals surface area contributed by atoms with Gasteiger partial charge in [0, 0.05) is 19.0 Å². The number of fused-ring (bicyclic) bond motifs is 3. The third-order valence-corrected chi connectivity index (χ3v) is 7.18. The highest BCUT2D eigenvalue weighted by Crippen LogP contribution is 2.44. The van der Waals surface area contributed by atoms with Crippen LogP contribution in [0.25, 0.3) is 11.1 Å². The van der Waals surface area contributed by atoms with Gasteiger partial charge >= 0.3 is 12.1 Å². The second kappa shape index (κ2) is 10.3. The Labute approximate surface area is 200 Å². The van der Waals surface area contributed by atoms with Gasteiger partial charge in [-0.05, 0) is 41.0 Å². The molecule has 2 aromatic carbocycles. The lowest BCUT2D eigenvalue weighted by molar-refractivity contribution is -0.146. The van der Waals surface area contributed by atoms with E-state index < -0.39 is 24.0 Å². The van der Waals surface area contributed by atoms with Crippen LogP contribution in [0.2, 0.25) is 0 Å². The first kappa shape index (κ1) is 23.8. The molecule has 2 amide bonds. The molecule has 2 aromatic rings. The second-order valence-corrected chi connectivity index (χ2v) is 9.29. The quantitative estimate of drug-likeness (QED) is 0.638. The van der Waals surface area contributed by atoms with Gasteiger partial charge < -0.3 is 20.1 Å². The van der Waals surface area contributed by atoms with Crippen LogP contribution in [0, 0.1) is 11.8 Å². The number of amides is 2. The van der Waals surface area contributed by atoms with E-state index in [4.69, 9.17) is 4.74 Å². The summed E-state index contributed by atoms with van der Waals surface area (Å²) in [6, 6.07) is 15.5. The van der Waals surface area contributed by atoms with Gasteiger partial charge in [-0.25, -0.2) is 4.79 Å². The number of carboxylic acids is 1. The SMILES string of the molecule is CCC(C)C(NC(=O)OCC1c2ccccc2-c2ccccc21)C(=O)N1CCCC(C(=O)O)C1. The van der Waals surface area contributed by atoms with Gasteiger partial charge in [-0.1, -0.05) is 68.8 Å². The molecule has 1 fully saturated rings. The predicted molar refractivity (Wildman–Crippen MR) is 128 cm³/mol. The fourth-order valence-electron chi connectivity index (χ4n) is 5.03. The summed E-state index contributed by atoms with van der Waals surface area (Å²) in [5.74, 6) is -1.87. The van der Waals surface area contributed by atoms with E-state index in [9.17, 15) is 19.5 Å². The van der Waals surface area contributed by atoms with Crippen molar-refractivity contribution in [2.24, 2.45) is 11.8 Å². The summed E-state index contributed by atoms with van der Waals surface area (Å²) in [5, 5.41) is 12.1. The molecule has 0 aromatic heterocycles. The van der Waals surface area contributed by atoms with Crippen molar-refractivity contribution >= 4 is 18.0 Å². The number of nitrogens with zero attached hydrogens (tertiary/aromatic N) is 1. The summed E-state index contributed by atoms with van der Waals surface area (Å²) in [6.07, 6.45) is 1.26. The molecule has 0 saturated carbocycles. The van der Waals surface area contributed by atoms with Crippen LogP contribution in [0.5, 0.6) is 0 Å². The van der Waals surface area contributed by atoms with E-state index in [0.717, 1.165) is 22.3 Å². The Morgan fingerprint density at radius 1 is 1.09 bits per heavy atom. The topological polar surface area (TPSA) is 95.9 Å². The summed E-state index contributed by atoms with van der Waals surface area (Å²) < 4.78 is 5.65. The van der Waals surface area contributed by atoms with Crippen LogP contribution >= 0.6 is 0 Å². The first-order chi connectivity index (χ1) is 16.4. The Balaban J connectivity index is 1.43. The minimum Gasteiger partial charge on any atom is -0.481 e. The molecular formula is C27H32N2O5. The van der Waals surface area contributed by atoms with Crippen LogP contribution in [0.4, 0.5) is 4.79 Å². The number of rotatable bonds is 7. The summed E-state index contributed by atoms with van der Waals surface area (Å²) >= 11 is 0. The summed E-state index contributed by atoms with van der Waals surface area (Å²) in [5.41, 5.74) is 4.55. The van der Waals surface area contributed by atoms with Gasteiger partial charge in [0.2, 0.25) is 5.91 Å². The number of benzene rings is 2. The number of hydrogen-bond acceptors (Lipinski definition) is 4. The van der Waals surface area contributed by atoms with Gasteiger partial charge in [0.05, 0.1) is 5.92 Å². The first-order valence-electron chi connectivity index (χ1n) is 12.0. The number of nitrogens with one attached hydrogen (secondary N) is 1. The zero-order chi connectivity index (χ0) is 24.2. The molecule has 4 rings (SSSR count). The highest BCUT2D eigenvalue weighted by Gasteiger charge is 2.35. The monoisotopic (exact) mass is 464 g/mol. The molecule has 1 aliphatic carbocycles. The van der Waals surface area contributed by atoms with Gasteiger partial charge in [-0.2, -0.15) is 0 Å². The number of carbonyl (C=O) groups excluding carboxylic acids is 2. The van der Waals surface area contributed by atoms with Crippen LogP contribution in [-0.4, -0.2) is 53.7 Å². The van der Waals surface area contributed by atoms with E-state index in [1.54, 1.807) is 4.90 Å². The lowest BCUT2D eigenvalue weighted by Gasteiger charge is -2.35. The average molecular weight is 465 g/mol. The normalized spacial score (nSPS) is 19.0. The third-order valence-electron chi connectivity index (χ3n) is 7.18.